The standard InChI is InChI=1S/C22H15Cl2NO2/c1-27-21-12-20-17(10-18(21)16-9-14(23)7-8-19(16)24)15(11-22(26)25-20)13-5-3-2-4-6-13/h2-12H,1H3,(H,25,26). The van der Waals surface area contributed by atoms with E-state index in [1.165, 1.54) is 0 Å². The van der Waals surface area contributed by atoms with E-state index in [1.807, 2.05) is 42.5 Å². The van der Waals surface area contributed by atoms with Crippen LogP contribution in [0.2, 0.25) is 10.0 Å². The topological polar surface area (TPSA) is 42.1 Å². The van der Waals surface area contributed by atoms with Gasteiger partial charge in [0, 0.05) is 38.7 Å². The van der Waals surface area contributed by atoms with Crippen molar-refractivity contribution in [2.24, 2.45) is 0 Å². The van der Waals surface area contributed by atoms with Gasteiger partial charge >= 0.3 is 0 Å². The molecule has 0 aliphatic heterocycles. The number of halogens is 2. The first kappa shape index (κ1) is 17.7. The summed E-state index contributed by atoms with van der Waals surface area (Å²) < 4.78 is 5.56. The Morgan fingerprint density at radius 1 is 0.852 bits per heavy atom. The van der Waals surface area contributed by atoms with E-state index in [0.717, 1.165) is 27.6 Å². The van der Waals surface area contributed by atoms with Gasteiger partial charge in [0.25, 0.3) is 0 Å². The van der Waals surface area contributed by atoms with E-state index >= 15 is 0 Å². The maximum absolute atomic E-state index is 12.2. The number of ether oxygens (including phenoxy) is 1. The summed E-state index contributed by atoms with van der Waals surface area (Å²) in [5.74, 6) is 0.604. The number of aromatic amines is 1. The first-order valence-corrected chi connectivity index (χ1v) is 9.08. The van der Waals surface area contributed by atoms with E-state index in [4.69, 9.17) is 27.9 Å². The summed E-state index contributed by atoms with van der Waals surface area (Å²) in [6, 6.07) is 20.5. The molecular weight excluding hydrogens is 381 g/mol. The normalized spacial score (nSPS) is 10.9. The fourth-order valence-corrected chi connectivity index (χ4v) is 3.61. The molecule has 134 valence electrons. The molecular formula is C22H15Cl2NO2. The van der Waals surface area contributed by atoms with E-state index in [1.54, 1.807) is 31.4 Å². The molecule has 0 fully saturated rings. The monoisotopic (exact) mass is 395 g/mol. The fraction of sp³-hybridized carbons (Fsp3) is 0.0455. The number of nitrogens with one attached hydrogen (secondary N) is 1. The van der Waals surface area contributed by atoms with Crippen LogP contribution < -0.4 is 10.3 Å². The van der Waals surface area contributed by atoms with E-state index in [0.29, 0.717) is 21.3 Å². The lowest BCUT2D eigenvalue weighted by Gasteiger charge is -2.14. The minimum atomic E-state index is -0.169. The Morgan fingerprint density at radius 3 is 2.37 bits per heavy atom. The smallest absolute Gasteiger partial charge is 0.249 e. The van der Waals surface area contributed by atoms with Gasteiger partial charge in [-0.15, -0.1) is 0 Å². The Labute approximate surface area is 166 Å². The lowest BCUT2D eigenvalue weighted by atomic mass is 9.96. The van der Waals surface area contributed by atoms with Gasteiger partial charge in [0.2, 0.25) is 5.56 Å². The Kier molecular flexibility index (Phi) is 4.65. The van der Waals surface area contributed by atoms with Gasteiger partial charge in [-0.3, -0.25) is 4.79 Å². The molecule has 0 radical (unpaired) electrons. The molecule has 3 aromatic carbocycles. The summed E-state index contributed by atoms with van der Waals surface area (Å²) in [6.07, 6.45) is 0. The summed E-state index contributed by atoms with van der Waals surface area (Å²) in [4.78, 5) is 15.1. The zero-order valence-corrected chi connectivity index (χ0v) is 15.9. The van der Waals surface area contributed by atoms with E-state index in [9.17, 15) is 4.79 Å². The van der Waals surface area contributed by atoms with Crippen molar-refractivity contribution in [2.75, 3.05) is 7.11 Å². The van der Waals surface area contributed by atoms with Crippen LogP contribution in [0, 0.1) is 0 Å². The second-order valence-electron chi connectivity index (χ2n) is 6.14. The number of hydrogen-bond acceptors (Lipinski definition) is 2. The molecule has 0 atom stereocenters. The lowest BCUT2D eigenvalue weighted by Crippen LogP contribution is -2.05. The molecule has 0 saturated heterocycles. The molecule has 27 heavy (non-hydrogen) atoms. The number of pyridine rings is 1. The highest BCUT2D eigenvalue weighted by molar-refractivity contribution is 6.35. The maximum atomic E-state index is 12.2. The van der Waals surface area contributed by atoms with Crippen LogP contribution in [0.15, 0.2) is 71.5 Å². The van der Waals surface area contributed by atoms with Gasteiger partial charge in [-0.25, -0.2) is 0 Å². The Hall–Kier alpha value is -2.75. The first-order chi connectivity index (χ1) is 13.1. The van der Waals surface area contributed by atoms with Crippen molar-refractivity contribution in [1.29, 1.82) is 0 Å². The molecule has 0 aliphatic carbocycles. The first-order valence-electron chi connectivity index (χ1n) is 8.33. The Balaban J connectivity index is 2.08. The minimum absolute atomic E-state index is 0.169. The SMILES string of the molecule is COc1cc2[nH]c(=O)cc(-c3ccccc3)c2cc1-c1cc(Cl)ccc1Cl. The van der Waals surface area contributed by atoms with Gasteiger partial charge in [0.15, 0.2) is 0 Å². The summed E-state index contributed by atoms with van der Waals surface area (Å²) in [6.45, 7) is 0. The molecule has 4 aromatic rings. The Bertz CT molecular complexity index is 1200. The summed E-state index contributed by atoms with van der Waals surface area (Å²) >= 11 is 12.6. The van der Waals surface area contributed by atoms with Gasteiger partial charge in [0.05, 0.1) is 12.6 Å². The highest BCUT2D eigenvalue weighted by atomic mass is 35.5. The van der Waals surface area contributed by atoms with Crippen LogP contribution in [-0.2, 0) is 0 Å². The molecule has 1 aromatic heterocycles. The van der Waals surface area contributed by atoms with E-state index in [-0.39, 0.29) is 5.56 Å². The van der Waals surface area contributed by atoms with Crippen LogP contribution in [-0.4, -0.2) is 12.1 Å². The van der Waals surface area contributed by atoms with E-state index < -0.39 is 0 Å². The summed E-state index contributed by atoms with van der Waals surface area (Å²) in [5.41, 5.74) is 3.91. The average Bonchev–Trinajstić information content (AvgIpc) is 2.69. The zero-order chi connectivity index (χ0) is 19.0. The lowest BCUT2D eigenvalue weighted by molar-refractivity contribution is 0.417. The number of benzene rings is 3. The average molecular weight is 396 g/mol. The predicted molar refractivity (Wildman–Crippen MR) is 112 cm³/mol. The van der Waals surface area contributed by atoms with Crippen molar-refractivity contribution < 1.29 is 4.74 Å². The molecule has 4 rings (SSSR count). The number of hydrogen-bond donors (Lipinski definition) is 1. The third kappa shape index (κ3) is 3.32. The molecule has 1 N–H and O–H groups in total. The number of rotatable bonds is 3. The van der Waals surface area contributed by atoms with Crippen LogP contribution in [0.1, 0.15) is 0 Å². The van der Waals surface area contributed by atoms with E-state index in [2.05, 4.69) is 4.98 Å². The van der Waals surface area contributed by atoms with Crippen molar-refractivity contribution in [3.8, 4) is 28.0 Å². The molecule has 0 saturated carbocycles. The fourth-order valence-electron chi connectivity index (χ4n) is 3.22. The van der Waals surface area contributed by atoms with Crippen molar-refractivity contribution >= 4 is 34.1 Å². The second kappa shape index (κ2) is 7.10. The van der Waals surface area contributed by atoms with Crippen LogP contribution >= 0.6 is 23.2 Å². The van der Waals surface area contributed by atoms with Crippen molar-refractivity contribution in [3.05, 3.63) is 87.1 Å². The highest BCUT2D eigenvalue weighted by Gasteiger charge is 2.15. The molecule has 0 spiro atoms. The van der Waals surface area contributed by atoms with Gasteiger partial charge in [-0.05, 0) is 35.4 Å². The molecule has 0 bridgehead atoms. The number of H-pyrrole nitrogens is 1. The van der Waals surface area contributed by atoms with Gasteiger partial charge in [-0.1, -0.05) is 53.5 Å². The maximum Gasteiger partial charge on any atom is 0.249 e. The Morgan fingerprint density at radius 2 is 1.63 bits per heavy atom. The van der Waals surface area contributed by atoms with Crippen molar-refractivity contribution in [1.82, 2.24) is 4.98 Å². The molecule has 0 unspecified atom stereocenters. The van der Waals surface area contributed by atoms with Crippen molar-refractivity contribution in [3.63, 3.8) is 0 Å². The van der Waals surface area contributed by atoms with Crippen LogP contribution in [0.5, 0.6) is 5.75 Å². The van der Waals surface area contributed by atoms with Crippen LogP contribution in [0.4, 0.5) is 0 Å². The van der Waals surface area contributed by atoms with Gasteiger partial charge in [0.1, 0.15) is 5.75 Å². The van der Waals surface area contributed by atoms with Crippen molar-refractivity contribution in [2.45, 2.75) is 0 Å². The number of fused-ring (bicyclic) bond motifs is 1. The molecule has 0 aliphatic rings. The molecule has 5 heteroatoms. The third-order valence-corrected chi connectivity index (χ3v) is 5.03. The zero-order valence-electron chi connectivity index (χ0n) is 14.4. The van der Waals surface area contributed by atoms with Gasteiger partial charge < -0.3 is 9.72 Å². The number of aromatic nitrogens is 1. The summed E-state index contributed by atoms with van der Waals surface area (Å²) in [5, 5.41) is 2.05. The largest absolute Gasteiger partial charge is 0.496 e. The highest BCUT2D eigenvalue weighted by Crippen LogP contribution is 2.40. The minimum Gasteiger partial charge on any atom is -0.496 e. The third-order valence-electron chi connectivity index (χ3n) is 4.47. The number of methoxy groups -OCH3 is 1. The second-order valence-corrected chi connectivity index (χ2v) is 6.98. The predicted octanol–water partition coefficient (Wildman–Crippen LogP) is 6.18. The quantitative estimate of drug-likeness (QED) is 0.450. The molecule has 0 amide bonds. The summed E-state index contributed by atoms with van der Waals surface area (Å²) in [7, 11) is 1.59. The van der Waals surface area contributed by atoms with Crippen LogP contribution in [0.25, 0.3) is 33.2 Å². The molecule has 3 nitrogen and oxygen atoms in total. The van der Waals surface area contributed by atoms with Gasteiger partial charge in [-0.2, -0.15) is 0 Å². The van der Waals surface area contributed by atoms with Crippen LogP contribution in [0.3, 0.4) is 0 Å². The molecule has 1 heterocycles.